The summed E-state index contributed by atoms with van der Waals surface area (Å²) in [5.74, 6) is 0.322. The van der Waals surface area contributed by atoms with E-state index in [0.717, 1.165) is 19.3 Å². The number of Topliss-reactive ketones (excluding diaryl/α,β-unsaturated/α-hetero) is 1. The molecule has 2 aliphatic rings. The predicted molar refractivity (Wildman–Crippen MR) is 63.5 cm³/mol. The zero-order valence-electron chi connectivity index (χ0n) is 10.7. The van der Waals surface area contributed by atoms with Crippen molar-refractivity contribution in [2.75, 3.05) is 14.2 Å². The van der Waals surface area contributed by atoms with Crippen molar-refractivity contribution in [2.24, 2.45) is 0 Å². The number of hydrogen-bond acceptors (Lipinski definition) is 3. The molecule has 0 radical (unpaired) electrons. The fraction of sp³-hybridized carbons (Fsp3) is 0.923. The van der Waals surface area contributed by atoms with E-state index in [2.05, 4.69) is 18.9 Å². The van der Waals surface area contributed by atoms with Gasteiger partial charge in [-0.15, -0.1) is 0 Å². The number of nitrogens with zero attached hydrogens (tertiary/aromatic N) is 1. The van der Waals surface area contributed by atoms with Gasteiger partial charge < -0.3 is 9.64 Å². The molecule has 2 heterocycles. The lowest BCUT2D eigenvalue weighted by molar-refractivity contribution is -0.150. The third kappa shape index (κ3) is 1.80. The van der Waals surface area contributed by atoms with Gasteiger partial charge in [0.15, 0.2) is 5.78 Å². The van der Waals surface area contributed by atoms with E-state index in [1.54, 1.807) is 7.11 Å². The number of fused-ring (bicyclic) bond motifs is 2. The van der Waals surface area contributed by atoms with E-state index in [1.807, 2.05) is 0 Å². The van der Waals surface area contributed by atoms with Crippen molar-refractivity contribution >= 4 is 5.78 Å². The highest BCUT2D eigenvalue weighted by atomic mass is 16.5. The lowest BCUT2D eigenvalue weighted by Gasteiger charge is -2.43. The van der Waals surface area contributed by atoms with E-state index < -0.39 is 5.60 Å². The maximum atomic E-state index is 12.2. The Hall–Kier alpha value is -0.410. The number of rotatable bonds is 4. The van der Waals surface area contributed by atoms with Crippen LogP contribution < -0.4 is 0 Å². The number of carbonyl (C=O) groups excluding carboxylic acids is 1. The number of piperidine rings is 1. The maximum Gasteiger partial charge on any atom is 0.164 e. The van der Waals surface area contributed by atoms with Crippen molar-refractivity contribution < 1.29 is 9.53 Å². The molecule has 0 amide bonds. The zero-order chi connectivity index (χ0) is 11.8. The molecule has 2 aliphatic heterocycles. The molecule has 2 unspecified atom stereocenters. The summed E-state index contributed by atoms with van der Waals surface area (Å²) in [7, 11) is 3.89. The number of methoxy groups -OCH3 is 1. The standard InChI is InChI=1S/C13H23NO2/c1-4-5-12(15)13(16-3)8-10-6-7-11(9-13)14(10)2/h10-11H,4-9H2,1-3H3. The van der Waals surface area contributed by atoms with Gasteiger partial charge in [-0.05, 0) is 39.2 Å². The number of ketones is 1. The lowest BCUT2D eigenvalue weighted by Crippen LogP contribution is -2.54. The van der Waals surface area contributed by atoms with Gasteiger partial charge in [0.2, 0.25) is 0 Å². The van der Waals surface area contributed by atoms with Crippen LogP contribution in [0.3, 0.4) is 0 Å². The summed E-state index contributed by atoms with van der Waals surface area (Å²) in [5.41, 5.74) is -0.464. The van der Waals surface area contributed by atoms with Gasteiger partial charge in [-0.25, -0.2) is 0 Å². The van der Waals surface area contributed by atoms with Crippen LogP contribution in [0.5, 0.6) is 0 Å². The highest BCUT2D eigenvalue weighted by Gasteiger charge is 2.50. The second kappa shape index (κ2) is 4.46. The molecule has 0 saturated carbocycles. The summed E-state index contributed by atoms with van der Waals surface area (Å²) in [5, 5.41) is 0. The Kier molecular flexibility index (Phi) is 3.36. The zero-order valence-corrected chi connectivity index (χ0v) is 10.7. The molecule has 92 valence electrons. The number of ether oxygens (including phenoxy) is 1. The molecule has 3 nitrogen and oxygen atoms in total. The van der Waals surface area contributed by atoms with Gasteiger partial charge in [0.05, 0.1) is 0 Å². The van der Waals surface area contributed by atoms with Crippen molar-refractivity contribution in [3.8, 4) is 0 Å². The molecule has 2 atom stereocenters. The molecule has 2 saturated heterocycles. The van der Waals surface area contributed by atoms with Gasteiger partial charge in [-0.1, -0.05) is 6.92 Å². The Balaban J connectivity index is 2.15. The van der Waals surface area contributed by atoms with Crippen molar-refractivity contribution in [1.82, 2.24) is 4.90 Å². The topological polar surface area (TPSA) is 29.5 Å². The lowest BCUT2D eigenvalue weighted by atomic mass is 9.81. The molecule has 0 aliphatic carbocycles. The second-order valence-corrected chi connectivity index (χ2v) is 5.33. The molecule has 16 heavy (non-hydrogen) atoms. The van der Waals surface area contributed by atoms with E-state index >= 15 is 0 Å². The maximum absolute atomic E-state index is 12.2. The van der Waals surface area contributed by atoms with Gasteiger partial charge in [-0.2, -0.15) is 0 Å². The van der Waals surface area contributed by atoms with E-state index in [1.165, 1.54) is 12.8 Å². The van der Waals surface area contributed by atoms with E-state index in [4.69, 9.17) is 4.74 Å². The van der Waals surface area contributed by atoms with Gasteiger partial charge in [-0.3, -0.25) is 4.79 Å². The summed E-state index contributed by atoms with van der Waals surface area (Å²) < 4.78 is 5.65. The molecule has 2 bridgehead atoms. The van der Waals surface area contributed by atoms with E-state index in [9.17, 15) is 4.79 Å². The number of hydrogen-bond donors (Lipinski definition) is 0. The van der Waals surface area contributed by atoms with Crippen LogP contribution >= 0.6 is 0 Å². The summed E-state index contributed by atoms with van der Waals surface area (Å²) in [4.78, 5) is 14.7. The van der Waals surface area contributed by atoms with Crippen molar-refractivity contribution in [2.45, 2.75) is 63.1 Å². The van der Waals surface area contributed by atoms with Gasteiger partial charge in [0.1, 0.15) is 5.60 Å². The normalized spacial score (nSPS) is 38.9. The smallest absolute Gasteiger partial charge is 0.164 e. The first-order valence-electron chi connectivity index (χ1n) is 6.43. The molecule has 0 aromatic carbocycles. The van der Waals surface area contributed by atoms with Crippen LogP contribution in [0.4, 0.5) is 0 Å². The minimum atomic E-state index is -0.464. The summed E-state index contributed by atoms with van der Waals surface area (Å²) in [6, 6.07) is 1.11. The first kappa shape index (κ1) is 12.1. The highest BCUT2D eigenvalue weighted by molar-refractivity contribution is 5.87. The van der Waals surface area contributed by atoms with E-state index in [0.29, 0.717) is 24.3 Å². The summed E-state index contributed by atoms with van der Waals surface area (Å²) in [6.45, 7) is 2.06. The average molecular weight is 225 g/mol. The Bertz CT molecular complexity index is 263. The number of carbonyl (C=O) groups is 1. The molecule has 0 N–H and O–H groups in total. The first-order valence-corrected chi connectivity index (χ1v) is 6.43. The Morgan fingerprint density at radius 3 is 2.38 bits per heavy atom. The van der Waals surface area contributed by atoms with E-state index in [-0.39, 0.29) is 0 Å². The van der Waals surface area contributed by atoms with Crippen molar-refractivity contribution in [3.05, 3.63) is 0 Å². The Morgan fingerprint density at radius 1 is 1.38 bits per heavy atom. The molecule has 0 aromatic rings. The summed E-state index contributed by atoms with van der Waals surface area (Å²) in [6.07, 6.45) is 5.84. The highest BCUT2D eigenvalue weighted by Crippen LogP contribution is 2.42. The van der Waals surface area contributed by atoms with Crippen LogP contribution in [0.15, 0.2) is 0 Å². The molecular formula is C13H23NO2. The van der Waals surface area contributed by atoms with Crippen LogP contribution in [-0.2, 0) is 9.53 Å². The Morgan fingerprint density at radius 2 is 1.94 bits per heavy atom. The van der Waals surface area contributed by atoms with Gasteiger partial charge >= 0.3 is 0 Å². The fourth-order valence-corrected chi connectivity index (χ4v) is 3.39. The first-order chi connectivity index (χ1) is 7.63. The van der Waals surface area contributed by atoms with Crippen LogP contribution in [0.1, 0.15) is 45.4 Å². The molecule has 3 heteroatoms. The van der Waals surface area contributed by atoms with Crippen LogP contribution in [0.2, 0.25) is 0 Å². The molecule has 0 aromatic heterocycles. The molecule has 2 fully saturated rings. The van der Waals surface area contributed by atoms with Crippen molar-refractivity contribution in [3.63, 3.8) is 0 Å². The van der Waals surface area contributed by atoms with Gasteiger partial charge in [0.25, 0.3) is 0 Å². The predicted octanol–water partition coefficient (Wildman–Crippen LogP) is 2.00. The molecule has 2 rings (SSSR count). The quantitative estimate of drug-likeness (QED) is 0.733. The molecule has 0 spiro atoms. The molecular weight excluding hydrogens is 202 g/mol. The average Bonchev–Trinajstić information content (AvgIpc) is 2.54. The van der Waals surface area contributed by atoms with Crippen LogP contribution in [-0.4, -0.2) is 42.5 Å². The summed E-state index contributed by atoms with van der Waals surface area (Å²) >= 11 is 0. The largest absolute Gasteiger partial charge is 0.370 e. The SMILES string of the molecule is CCCC(=O)C1(OC)CC2CCC(C1)N2C. The minimum Gasteiger partial charge on any atom is -0.370 e. The minimum absolute atomic E-state index is 0.322. The Labute approximate surface area is 98.1 Å². The van der Waals surface area contributed by atoms with Crippen LogP contribution in [0.25, 0.3) is 0 Å². The third-order valence-electron chi connectivity index (χ3n) is 4.49. The van der Waals surface area contributed by atoms with Crippen LogP contribution in [0, 0.1) is 0 Å². The van der Waals surface area contributed by atoms with Crippen molar-refractivity contribution in [1.29, 1.82) is 0 Å². The second-order valence-electron chi connectivity index (χ2n) is 5.33. The fourth-order valence-electron chi connectivity index (χ4n) is 3.39. The van der Waals surface area contributed by atoms with Gasteiger partial charge in [0, 0.05) is 25.6 Å². The monoisotopic (exact) mass is 225 g/mol. The third-order valence-corrected chi connectivity index (χ3v) is 4.49.